The van der Waals surface area contributed by atoms with Crippen LogP contribution in [0, 0.1) is 0 Å². The minimum absolute atomic E-state index is 0.114. The van der Waals surface area contributed by atoms with Crippen molar-refractivity contribution in [3.63, 3.8) is 0 Å². The van der Waals surface area contributed by atoms with Gasteiger partial charge >= 0.3 is 5.91 Å². The molecule has 2 N–H and O–H groups in total. The largest absolute Gasteiger partial charge is 0.507 e. The zero-order valence-electron chi connectivity index (χ0n) is 21.1. The van der Waals surface area contributed by atoms with Crippen molar-refractivity contribution in [2.24, 2.45) is 0 Å². The third-order valence-electron chi connectivity index (χ3n) is 6.64. The Morgan fingerprint density at radius 2 is 1.82 bits per heavy atom. The number of methoxy groups -OCH3 is 2. The molecule has 0 saturated carbocycles. The fourth-order valence-corrected chi connectivity index (χ4v) is 6.20. The van der Waals surface area contributed by atoms with Gasteiger partial charge in [0.25, 0.3) is 5.78 Å². The molecule has 12 heteroatoms. The van der Waals surface area contributed by atoms with E-state index in [1.807, 2.05) is 0 Å². The van der Waals surface area contributed by atoms with Crippen LogP contribution in [0.15, 0.2) is 58.6 Å². The summed E-state index contributed by atoms with van der Waals surface area (Å²) >= 11 is 4.53. The SMILES string of the molecule is COc1ccc2nc(N3C(=O)C(=O)C(=C(O)c4ccc5c(c4)OCCO5)C3c3cc(Br)c(O)c(OC)c3)sc2c1. The minimum atomic E-state index is -1.10. The average Bonchev–Trinajstić information content (AvgIpc) is 3.51. The first kappa shape index (κ1) is 26.0. The number of Topliss-reactive ketones (excluding diaryl/α,β-unsaturated/α-hetero) is 1. The number of aliphatic hydroxyl groups is 1. The maximum absolute atomic E-state index is 13.6. The second-order valence-corrected chi connectivity index (χ2v) is 10.8. The molecule has 0 aliphatic carbocycles. The maximum Gasteiger partial charge on any atom is 0.301 e. The lowest BCUT2D eigenvalue weighted by Gasteiger charge is -2.24. The van der Waals surface area contributed by atoms with Crippen molar-refractivity contribution in [3.05, 3.63) is 69.7 Å². The quantitative estimate of drug-likeness (QED) is 0.175. The highest BCUT2D eigenvalue weighted by atomic mass is 79.9. The summed E-state index contributed by atoms with van der Waals surface area (Å²) in [5.41, 5.74) is 1.12. The molecule has 1 aromatic heterocycles. The standard InChI is InChI=1S/C28H21BrN2O8S/c1-36-15-4-5-17-21(12-15)40-28(30-17)31-23(14-9-16(29)25(33)20(11-14)37-2)22(26(34)27(31)35)24(32)13-3-6-18-19(10-13)39-8-7-38-18/h3-6,9-12,23,32-33H,7-8H2,1-2H3. The van der Waals surface area contributed by atoms with E-state index in [-0.39, 0.29) is 32.2 Å². The number of nitrogens with zero attached hydrogens (tertiary/aromatic N) is 2. The number of amides is 1. The van der Waals surface area contributed by atoms with Crippen LogP contribution in [-0.4, -0.2) is 54.3 Å². The predicted octanol–water partition coefficient (Wildman–Crippen LogP) is 5.18. The molecule has 1 amide bonds. The summed E-state index contributed by atoms with van der Waals surface area (Å²) in [6.07, 6.45) is 0. The van der Waals surface area contributed by atoms with E-state index in [1.165, 1.54) is 29.4 Å². The summed E-state index contributed by atoms with van der Waals surface area (Å²) in [7, 11) is 2.94. The van der Waals surface area contributed by atoms with E-state index in [4.69, 9.17) is 18.9 Å². The van der Waals surface area contributed by atoms with Crippen LogP contribution in [0.2, 0.25) is 0 Å². The second-order valence-electron chi connectivity index (χ2n) is 8.91. The van der Waals surface area contributed by atoms with Crippen LogP contribution < -0.4 is 23.8 Å². The van der Waals surface area contributed by atoms with E-state index in [0.717, 1.165) is 4.70 Å². The van der Waals surface area contributed by atoms with Crippen molar-refractivity contribution in [1.82, 2.24) is 4.98 Å². The van der Waals surface area contributed by atoms with Gasteiger partial charge < -0.3 is 29.2 Å². The Kier molecular flexibility index (Phi) is 6.51. The molecular formula is C28H21BrN2O8S. The van der Waals surface area contributed by atoms with Gasteiger partial charge in [0.2, 0.25) is 0 Å². The Morgan fingerprint density at radius 3 is 2.58 bits per heavy atom. The number of benzene rings is 3. The van der Waals surface area contributed by atoms with Crippen LogP contribution >= 0.6 is 27.3 Å². The van der Waals surface area contributed by atoms with E-state index in [2.05, 4.69) is 20.9 Å². The van der Waals surface area contributed by atoms with Gasteiger partial charge in [-0.2, -0.15) is 0 Å². The number of ether oxygens (including phenoxy) is 4. The number of phenolic OH excluding ortho intramolecular Hbond substituents is 1. The second kappa shape index (κ2) is 10.0. The van der Waals surface area contributed by atoms with Crippen LogP contribution in [0.4, 0.5) is 5.13 Å². The number of aromatic nitrogens is 1. The maximum atomic E-state index is 13.6. The van der Waals surface area contributed by atoms with Crippen molar-refractivity contribution in [2.45, 2.75) is 6.04 Å². The van der Waals surface area contributed by atoms with Crippen molar-refractivity contribution < 1.29 is 38.7 Å². The monoisotopic (exact) mass is 624 g/mol. The van der Waals surface area contributed by atoms with E-state index in [9.17, 15) is 19.8 Å². The number of hydrogen-bond donors (Lipinski definition) is 2. The molecular weight excluding hydrogens is 604 g/mol. The van der Waals surface area contributed by atoms with Gasteiger partial charge in [-0.15, -0.1) is 0 Å². The highest BCUT2D eigenvalue weighted by Crippen LogP contribution is 2.48. The fraction of sp³-hybridized carbons (Fsp3) is 0.179. The van der Waals surface area contributed by atoms with Gasteiger partial charge in [0, 0.05) is 5.56 Å². The summed E-state index contributed by atoms with van der Waals surface area (Å²) in [6.45, 7) is 0.736. The molecule has 3 aromatic carbocycles. The van der Waals surface area contributed by atoms with E-state index in [0.29, 0.717) is 41.5 Å². The zero-order chi connectivity index (χ0) is 28.1. The molecule has 0 bridgehead atoms. The highest BCUT2D eigenvalue weighted by Gasteiger charge is 2.48. The Hall–Kier alpha value is -4.29. The molecule has 204 valence electrons. The number of aromatic hydroxyl groups is 1. The molecule has 0 radical (unpaired) electrons. The smallest absolute Gasteiger partial charge is 0.301 e. The number of hydrogen-bond acceptors (Lipinski definition) is 10. The van der Waals surface area contributed by atoms with Crippen LogP contribution in [0.25, 0.3) is 16.0 Å². The molecule has 2 aliphatic heterocycles. The number of fused-ring (bicyclic) bond motifs is 2. The van der Waals surface area contributed by atoms with Crippen LogP contribution in [0.3, 0.4) is 0 Å². The molecule has 1 fully saturated rings. The zero-order valence-corrected chi connectivity index (χ0v) is 23.5. The lowest BCUT2D eigenvalue weighted by atomic mass is 9.95. The molecule has 3 heterocycles. The Balaban J connectivity index is 1.57. The number of carbonyl (C=O) groups excluding carboxylic acids is 2. The molecule has 1 unspecified atom stereocenters. The van der Waals surface area contributed by atoms with Crippen molar-refractivity contribution in [1.29, 1.82) is 0 Å². The van der Waals surface area contributed by atoms with Gasteiger partial charge in [-0.1, -0.05) is 11.3 Å². The van der Waals surface area contributed by atoms with Gasteiger partial charge in [0.15, 0.2) is 28.1 Å². The average molecular weight is 625 g/mol. The van der Waals surface area contributed by atoms with Crippen LogP contribution in [0.5, 0.6) is 28.7 Å². The van der Waals surface area contributed by atoms with E-state index in [1.54, 1.807) is 49.6 Å². The van der Waals surface area contributed by atoms with Crippen LogP contribution in [-0.2, 0) is 9.59 Å². The molecule has 6 rings (SSSR count). The summed E-state index contributed by atoms with van der Waals surface area (Å²) in [5, 5.41) is 22.2. The highest BCUT2D eigenvalue weighted by molar-refractivity contribution is 9.10. The number of carbonyl (C=O) groups is 2. The number of anilines is 1. The molecule has 1 saturated heterocycles. The fourth-order valence-electron chi connectivity index (χ4n) is 4.72. The number of thiazole rings is 1. The Labute approximate surface area is 240 Å². The molecule has 0 spiro atoms. The number of phenols is 1. The number of rotatable bonds is 5. The molecule has 2 aliphatic rings. The summed E-state index contributed by atoms with van der Waals surface area (Å²) < 4.78 is 22.9. The Bertz CT molecular complexity index is 1730. The normalized spacial score (nSPS) is 17.9. The third kappa shape index (κ3) is 4.20. The predicted molar refractivity (Wildman–Crippen MR) is 151 cm³/mol. The van der Waals surface area contributed by atoms with Crippen molar-refractivity contribution in [2.75, 3.05) is 32.3 Å². The lowest BCUT2D eigenvalue weighted by molar-refractivity contribution is -0.132. The van der Waals surface area contributed by atoms with Gasteiger partial charge in [-0.3, -0.25) is 14.5 Å². The number of halogens is 1. The van der Waals surface area contributed by atoms with Crippen molar-refractivity contribution in [3.8, 4) is 28.7 Å². The third-order valence-corrected chi connectivity index (χ3v) is 8.26. The van der Waals surface area contributed by atoms with Gasteiger partial charge in [0.05, 0.1) is 40.5 Å². The van der Waals surface area contributed by atoms with Crippen molar-refractivity contribution >= 4 is 60.1 Å². The number of aliphatic hydroxyl groups excluding tert-OH is 1. The first-order chi connectivity index (χ1) is 19.3. The lowest BCUT2D eigenvalue weighted by Crippen LogP contribution is -2.29. The summed E-state index contributed by atoms with van der Waals surface area (Å²) in [5.74, 6) is -0.644. The van der Waals surface area contributed by atoms with Gasteiger partial charge in [-0.05, 0) is 70.0 Å². The van der Waals surface area contributed by atoms with Gasteiger partial charge in [-0.25, -0.2) is 4.98 Å². The molecule has 40 heavy (non-hydrogen) atoms. The van der Waals surface area contributed by atoms with Crippen LogP contribution in [0.1, 0.15) is 17.2 Å². The summed E-state index contributed by atoms with van der Waals surface area (Å²) in [6, 6.07) is 12.1. The molecule has 10 nitrogen and oxygen atoms in total. The molecule has 4 aromatic rings. The first-order valence-corrected chi connectivity index (χ1v) is 13.6. The van der Waals surface area contributed by atoms with E-state index >= 15 is 0 Å². The minimum Gasteiger partial charge on any atom is -0.507 e. The molecule has 1 atom stereocenters. The first-order valence-electron chi connectivity index (χ1n) is 12.0. The number of ketones is 1. The van der Waals surface area contributed by atoms with E-state index < -0.39 is 23.5 Å². The topological polar surface area (TPSA) is 128 Å². The summed E-state index contributed by atoms with van der Waals surface area (Å²) in [4.78, 5) is 33.1. The van der Waals surface area contributed by atoms with Gasteiger partial charge in [0.1, 0.15) is 24.7 Å². The Morgan fingerprint density at radius 1 is 1.05 bits per heavy atom.